The largest absolute Gasteiger partial charge is 0.354 e. The Morgan fingerprint density at radius 1 is 1.13 bits per heavy atom. The molecule has 162 valence electrons. The van der Waals surface area contributed by atoms with E-state index in [4.69, 9.17) is 23.2 Å². The van der Waals surface area contributed by atoms with E-state index >= 15 is 0 Å². The Balaban J connectivity index is 2.14. The van der Waals surface area contributed by atoms with Gasteiger partial charge in [0.1, 0.15) is 11.9 Å². The van der Waals surface area contributed by atoms with Crippen LogP contribution in [-0.4, -0.2) is 35.1 Å². The number of thioether (sulfide) groups is 1. The molecule has 1 atom stereocenters. The third-order valence-electron chi connectivity index (χ3n) is 4.55. The van der Waals surface area contributed by atoms with Crippen molar-refractivity contribution in [2.75, 3.05) is 12.3 Å². The summed E-state index contributed by atoms with van der Waals surface area (Å²) >= 11 is 13.9. The number of hydrogen-bond donors (Lipinski definition) is 1. The monoisotopic (exact) mass is 470 g/mol. The van der Waals surface area contributed by atoms with Gasteiger partial charge in [0.15, 0.2) is 0 Å². The molecule has 0 saturated carbocycles. The maximum Gasteiger partial charge on any atom is 0.242 e. The average Bonchev–Trinajstić information content (AvgIpc) is 2.72. The summed E-state index contributed by atoms with van der Waals surface area (Å²) in [6, 6.07) is 10.9. The molecule has 0 spiro atoms. The molecule has 0 aliphatic carbocycles. The summed E-state index contributed by atoms with van der Waals surface area (Å²) in [5.74, 6) is -0.333. The van der Waals surface area contributed by atoms with Gasteiger partial charge in [-0.15, -0.1) is 11.8 Å². The van der Waals surface area contributed by atoms with Crippen molar-refractivity contribution in [3.63, 3.8) is 0 Å². The SMILES string of the molecule is CCCNC(=O)[C@@H](C)N(Cc1c(Cl)cccc1Cl)C(=O)CSCc1ccccc1F. The minimum atomic E-state index is -0.703. The van der Waals surface area contributed by atoms with Crippen molar-refractivity contribution in [2.24, 2.45) is 0 Å². The second-order valence-electron chi connectivity index (χ2n) is 6.77. The Hall–Kier alpha value is -1.76. The van der Waals surface area contributed by atoms with Gasteiger partial charge in [-0.25, -0.2) is 4.39 Å². The Bertz CT molecular complexity index is 862. The molecule has 0 aliphatic rings. The zero-order valence-corrected chi connectivity index (χ0v) is 19.3. The van der Waals surface area contributed by atoms with E-state index in [9.17, 15) is 14.0 Å². The molecule has 2 rings (SSSR count). The standard InChI is InChI=1S/C22H25Cl2FN2O2S/c1-3-11-26-22(29)15(2)27(12-17-18(23)8-6-9-19(17)24)21(28)14-30-13-16-7-4-5-10-20(16)25/h4-10,15H,3,11-14H2,1-2H3,(H,26,29)/t15-/m1/s1. The molecule has 4 nitrogen and oxygen atoms in total. The first kappa shape index (κ1) is 24.5. The van der Waals surface area contributed by atoms with Gasteiger partial charge in [0.05, 0.1) is 5.75 Å². The normalized spacial score (nSPS) is 11.8. The molecule has 30 heavy (non-hydrogen) atoms. The van der Waals surface area contributed by atoms with Crippen molar-refractivity contribution in [3.05, 3.63) is 69.5 Å². The number of amides is 2. The molecular formula is C22H25Cl2FN2O2S. The third kappa shape index (κ3) is 6.89. The topological polar surface area (TPSA) is 49.4 Å². The zero-order chi connectivity index (χ0) is 22.1. The first-order chi connectivity index (χ1) is 14.3. The highest BCUT2D eigenvalue weighted by atomic mass is 35.5. The molecule has 0 bridgehead atoms. The second kappa shape index (κ2) is 12.2. The van der Waals surface area contributed by atoms with E-state index < -0.39 is 6.04 Å². The van der Waals surface area contributed by atoms with Crippen LogP contribution in [0, 0.1) is 5.82 Å². The fraction of sp³-hybridized carbons (Fsp3) is 0.364. The van der Waals surface area contributed by atoms with Crippen LogP contribution in [0.25, 0.3) is 0 Å². The molecule has 0 heterocycles. The first-order valence-electron chi connectivity index (χ1n) is 9.66. The second-order valence-corrected chi connectivity index (χ2v) is 8.57. The predicted molar refractivity (Wildman–Crippen MR) is 122 cm³/mol. The van der Waals surface area contributed by atoms with Gasteiger partial charge in [-0.1, -0.05) is 54.4 Å². The zero-order valence-electron chi connectivity index (χ0n) is 17.0. The van der Waals surface area contributed by atoms with Crippen LogP contribution in [0.3, 0.4) is 0 Å². The van der Waals surface area contributed by atoms with Gasteiger partial charge >= 0.3 is 0 Å². The third-order valence-corrected chi connectivity index (χ3v) is 6.22. The lowest BCUT2D eigenvalue weighted by atomic mass is 10.1. The lowest BCUT2D eigenvalue weighted by Gasteiger charge is -2.29. The van der Waals surface area contributed by atoms with E-state index in [1.165, 1.54) is 22.7 Å². The Morgan fingerprint density at radius 3 is 2.43 bits per heavy atom. The van der Waals surface area contributed by atoms with Gasteiger partial charge in [0.25, 0.3) is 0 Å². The number of carbonyl (C=O) groups is 2. The smallest absolute Gasteiger partial charge is 0.242 e. The highest BCUT2D eigenvalue weighted by Gasteiger charge is 2.27. The molecule has 0 unspecified atom stereocenters. The highest BCUT2D eigenvalue weighted by Crippen LogP contribution is 2.27. The molecule has 0 radical (unpaired) electrons. The van der Waals surface area contributed by atoms with E-state index in [0.717, 1.165) is 6.42 Å². The molecule has 0 aromatic heterocycles. The molecule has 0 saturated heterocycles. The fourth-order valence-corrected chi connectivity index (χ4v) is 4.19. The number of rotatable bonds is 10. The van der Waals surface area contributed by atoms with E-state index in [2.05, 4.69) is 5.32 Å². The van der Waals surface area contributed by atoms with Crippen LogP contribution in [0.4, 0.5) is 4.39 Å². The van der Waals surface area contributed by atoms with Crippen LogP contribution in [0.15, 0.2) is 42.5 Å². The minimum absolute atomic E-state index is 0.0990. The number of halogens is 3. The lowest BCUT2D eigenvalue weighted by molar-refractivity contribution is -0.138. The van der Waals surface area contributed by atoms with E-state index in [1.807, 2.05) is 6.92 Å². The van der Waals surface area contributed by atoms with E-state index in [0.29, 0.717) is 33.5 Å². The number of nitrogens with zero attached hydrogens (tertiary/aromatic N) is 1. The van der Waals surface area contributed by atoms with Crippen LogP contribution >= 0.6 is 35.0 Å². The fourth-order valence-electron chi connectivity index (χ4n) is 2.78. The van der Waals surface area contributed by atoms with Crippen LogP contribution in [-0.2, 0) is 21.9 Å². The lowest BCUT2D eigenvalue weighted by Crippen LogP contribution is -2.48. The average molecular weight is 471 g/mol. The molecule has 0 fully saturated rings. The number of benzene rings is 2. The van der Waals surface area contributed by atoms with E-state index in [1.54, 1.807) is 43.3 Å². The van der Waals surface area contributed by atoms with Crippen LogP contribution in [0.5, 0.6) is 0 Å². The first-order valence-corrected chi connectivity index (χ1v) is 11.6. The molecule has 2 aromatic rings. The quantitative estimate of drug-likeness (QED) is 0.511. The summed E-state index contributed by atoms with van der Waals surface area (Å²) in [5, 5.41) is 3.68. The molecule has 8 heteroatoms. The van der Waals surface area contributed by atoms with Gasteiger partial charge in [0, 0.05) is 34.5 Å². The van der Waals surface area contributed by atoms with Crippen LogP contribution < -0.4 is 5.32 Å². The molecular weight excluding hydrogens is 446 g/mol. The molecule has 0 aliphatic heterocycles. The number of carbonyl (C=O) groups excluding carboxylic acids is 2. The summed E-state index contributed by atoms with van der Waals surface area (Å²) in [6.07, 6.45) is 0.793. The van der Waals surface area contributed by atoms with Crippen molar-refractivity contribution < 1.29 is 14.0 Å². The van der Waals surface area contributed by atoms with E-state index in [-0.39, 0.29) is 29.9 Å². The Labute approximate surface area is 191 Å². The van der Waals surface area contributed by atoms with Crippen molar-refractivity contribution in [1.82, 2.24) is 10.2 Å². The number of nitrogens with one attached hydrogen (secondary N) is 1. The highest BCUT2D eigenvalue weighted by molar-refractivity contribution is 7.99. The van der Waals surface area contributed by atoms with Gasteiger partial charge in [-0.05, 0) is 37.1 Å². The Morgan fingerprint density at radius 2 is 1.80 bits per heavy atom. The summed E-state index contributed by atoms with van der Waals surface area (Å²) in [5.41, 5.74) is 1.12. The van der Waals surface area contributed by atoms with Crippen molar-refractivity contribution in [3.8, 4) is 0 Å². The summed E-state index contributed by atoms with van der Waals surface area (Å²) in [7, 11) is 0. The Kier molecular flexibility index (Phi) is 9.95. The van der Waals surface area contributed by atoms with Crippen molar-refractivity contribution >= 4 is 46.8 Å². The van der Waals surface area contributed by atoms with Crippen LogP contribution in [0.1, 0.15) is 31.4 Å². The predicted octanol–water partition coefficient (Wildman–Crippen LogP) is 5.31. The maximum atomic E-state index is 13.8. The van der Waals surface area contributed by atoms with Gasteiger partial charge in [-0.2, -0.15) is 0 Å². The summed E-state index contributed by atoms with van der Waals surface area (Å²) < 4.78 is 13.8. The minimum Gasteiger partial charge on any atom is -0.354 e. The van der Waals surface area contributed by atoms with Gasteiger partial charge < -0.3 is 10.2 Å². The number of hydrogen-bond acceptors (Lipinski definition) is 3. The summed E-state index contributed by atoms with van der Waals surface area (Å²) in [6.45, 7) is 4.27. The van der Waals surface area contributed by atoms with Crippen molar-refractivity contribution in [2.45, 2.75) is 38.6 Å². The molecule has 1 N–H and O–H groups in total. The van der Waals surface area contributed by atoms with Crippen molar-refractivity contribution in [1.29, 1.82) is 0 Å². The molecule has 2 amide bonds. The molecule has 2 aromatic carbocycles. The summed E-state index contributed by atoms with van der Waals surface area (Å²) in [4.78, 5) is 27.0. The van der Waals surface area contributed by atoms with Crippen LogP contribution in [0.2, 0.25) is 10.0 Å². The maximum absolute atomic E-state index is 13.8. The van der Waals surface area contributed by atoms with Gasteiger partial charge in [-0.3, -0.25) is 9.59 Å². The van der Waals surface area contributed by atoms with Gasteiger partial charge in [0.2, 0.25) is 11.8 Å².